The molecule has 2 aliphatic heterocycles. The summed E-state index contributed by atoms with van der Waals surface area (Å²) in [5.41, 5.74) is 6.02. The van der Waals surface area contributed by atoms with Gasteiger partial charge in [0.25, 0.3) is 0 Å². The summed E-state index contributed by atoms with van der Waals surface area (Å²) in [6.45, 7) is 18.0. The monoisotopic (exact) mass is 624 g/mol. The Bertz CT molecular complexity index is 1590. The molecule has 3 aliphatic rings. The predicted molar refractivity (Wildman–Crippen MR) is 181 cm³/mol. The zero-order valence-corrected chi connectivity index (χ0v) is 28.3. The lowest BCUT2D eigenvalue weighted by Crippen LogP contribution is -2.49. The minimum absolute atomic E-state index is 0.0184. The fraction of sp³-hybridized carbons (Fsp3) is 0.459. The molecule has 0 bridgehead atoms. The van der Waals surface area contributed by atoms with Crippen molar-refractivity contribution < 1.29 is 28.4 Å². The van der Waals surface area contributed by atoms with Crippen molar-refractivity contribution >= 4 is 30.3 Å². The van der Waals surface area contributed by atoms with Gasteiger partial charge in [-0.1, -0.05) is 48.5 Å². The molecule has 0 N–H and O–H groups in total. The van der Waals surface area contributed by atoms with Gasteiger partial charge in [-0.05, 0) is 101 Å². The van der Waals surface area contributed by atoms with Crippen molar-refractivity contribution in [2.45, 2.75) is 78.1 Å². The molecule has 242 valence electrons. The summed E-state index contributed by atoms with van der Waals surface area (Å²) in [6, 6.07) is 20.6. The normalized spacial score (nSPS) is 18.7. The molecule has 2 saturated heterocycles. The highest BCUT2D eigenvalue weighted by atomic mass is 16.7. The lowest BCUT2D eigenvalue weighted by atomic mass is 9.74. The Hall–Kier alpha value is -3.82. The smallest absolute Gasteiger partial charge is 0.456 e. The van der Waals surface area contributed by atoms with E-state index in [9.17, 15) is 9.59 Å². The number of benzene rings is 3. The number of hydrogen-bond acceptors (Lipinski definition) is 7. The van der Waals surface area contributed by atoms with Crippen LogP contribution in [0.2, 0.25) is 0 Å². The highest BCUT2D eigenvalue weighted by Gasteiger charge is 2.52. The maximum atomic E-state index is 13.4. The third-order valence-electron chi connectivity index (χ3n) is 9.80. The topological polar surface area (TPSA) is 77.5 Å². The highest BCUT2D eigenvalue weighted by molar-refractivity contribution is 6.63. The number of rotatable bonds is 5. The lowest BCUT2D eigenvalue weighted by molar-refractivity contribution is 0.00578. The van der Waals surface area contributed by atoms with Crippen LogP contribution in [-0.2, 0) is 18.8 Å². The van der Waals surface area contributed by atoms with E-state index in [1.54, 1.807) is 4.90 Å². The van der Waals surface area contributed by atoms with Crippen molar-refractivity contribution in [2.24, 2.45) is 0 Å². The maximum absolute atomic E-state index is 13.4. The van der Waals surface area contributed by atoms with E-state index in [-0.39, 0.29) is 18.0 Å². The van der Waals surface area contributed by atoms with E-state index in [1.165, 1.54) is 22.3 Å². The molecule has 0 unspecified atom stereocenters. The first-order valence-corrected chi connectivity index (χ1v) is 16.2. The molecule has 3 aromatic carbocycles. The summed E-state index contributed by atoms with van der Waals surface area (Å²) in [5.74, 6) is -0.369. The molecular weight excluding hydrogens is 579 g/mol. The van der Waals surface area contributed by atoms with E-state index in [4.69, 9.17) is 18.8 Å². The Morgan fingerprint density at radius 3 is 1.96 bits per heavy atom. The quantitative estimate of drug-likeness (QED) is 0.243. The van der Waals surface area contributed by atoms with Gasteiger partial charge in [0.05, 0.1) is 16.8 Å². The van der Waals surface area contributed by atoms with Crippen molar-refractivity contribution in [2.75, 3.05) is 37.7 Å². The van der Waals surface area contributed by atoms with Gasteiger partial charge >= 0.3 is 19.2 Å². The Balaban J connectivity index is 1.17. The molecule has 2 fully saturated rings. The van der Waals surface area contributed by atoms with Gasteiger partial charge in [-0.3, -0.25) is 0 Å². The van der Waals surface area contributed by atoms with Crippen LogP contribution in [0.3, 0.4) is 0 Å². The van der Waals surface area contributed by atoms with Gasteiger partial charge in [-0.15, -0.1) is 0 Å². The van der Waals surface area contributed by atoms with Crippen LogP contribution in [0, 0.1) is 6.92 Å². The van der Waals surface area contributed by atoms with E-state index in [0.29, 0.717) is 38.3 Å². The Morgan fingerprint density at radius 1 is 0.870 bits per heavy atom. The molecule has 1 amide bonds. The van der Waals surface area contributed by atoms with Crippen LogP contribution < -0.4 is 10.4 Å². The molecule has 1 aliphatic carbocycles. The van der Waals surface area contributed by atoms with E-state index >= 15 is 0 Å². The van der Waals surface area contributed by atoms with Crippen LogP contribution in [0.4, 0.5) is 10.5 Å². The third-order valence-corrected chi connectivity index (χ3v) is 9.80. The van der Waals surface area contributed by atoms with Crippen LogP contribution in [0.25, 0.3) is 11.1 Å². The second-order valence-electron chi connectivity index (χ2n) is 14.6. The first kappa shape index (κ1) is 32.1. The van der Waals surface area contributed by atoms with Crippen molar-refractivity contribution in [1.29, 1.82) is 0 Å². The summed E-state index contributed by atoms with van der Waals surface area (Å²) < 4.78 is 24.5. The zero-order chi connectivity index (χ0) is 33.0. The summed E-state index contributed by atoms with van der Waals surface area (Å²) in [5, 5.41) is 0. The second kappa shape index (κ2) is 11.8. The molecule has 0 spiro atoms. The van der Waals surface area contributed by atoms with Gasteiger partial charge in [0.2, 0.25) is 0 Å². The van der Waals surface area contributed by atoms with E-state index in [1.807, 2.05) is 91.8 Å². The van der Waals surface area contributed by atoms with Gasteiger partial charge in [-0.25, -0.2) is 9.59 Å². The SMILES string of the molecule is Cc1c(B2OC(C)(C)C(C)(C)O2)cc(N2CCN(C(=O)OCC3c4ccccc4-c4ccccc43)CC2)cc1C(=O)OC(C)(C)C. The molecule has 46 heavy (non-hydrogen) atoms. The molecule has 0 aromatic heterocycles. The average Bonchev–Trinajstić information content (AvgIpc) is 3.43. The van der Waals surface area contributed by atoms with E-state index < -0.39 is 23.9 Å². The Labute approximate surface area is 273 Å². The fourth-order valence-electron chi connectivity index (χ4n) is 6.50. The molecule has 0 radical (unpaired) electrons. The fourth-order valence-corrected chi connectivity index (χ4v) is 6.50. The van der Waals surface area contributed by atoms with Crippen LogP contribution in [0.5, 0.6) is 0 Å². The van der Waals surface area contributed by atoms with Gasteiger partial charge < -0.3 is 28.6 Å². The average molecular weight is 625 g/mol. The van der Waals surface area contributed by atoms with Gasteiger partial charge in [0.15, 0.2) is 0 Å². The van der Waals surface area contributed by atoms with E-state index in [0.717, 1.165) is 16.7 Å². The molecule has 8 nitrogen and oxygen atoms in total. The third kappa shape index (κ3) is 6.03. The molecule has 0 atom stereocenters. The summed E-state index contributed by atoms with van der Waals surface area (Å²) >= 11 is 0. The van der Waals surface area contributed by atoms with Crippen molar-refractivity contribution in [3.05, 3.63) is 82.9 Å². The number of ether oxygens (including phenoxy) is 2. The first-order chi connectivity index (χ1) is 21.6. The summed E-state index contributed by atoms with van der Waals surface area (Å²) in [6.07, 6.45) is -0.308. The number of amides is 1. The van der Waals surface area contributed by atoms with Gasteiger partial charge in [0, 0.05) is 37.8 Å². The molecule has 9 heteroatoms. The Kier molecular flexibility index (Phi) is 8.22. The molecule has 2 heterocycles. The number of hydrogen-bond donors (Lipinski definition) is 0. The lowest BCUT2D eigenvalue weighted by Gasteiger charge is -2.36. The number of esters is 1. The minimum Gasteiger partial charge on any atom is -0.456 e. The number of anilines is 1. The number of nitrogens with zero attached hydrogens (tertiary/aromatic N) is 2. The molecule has 6 rings (SSSR count). The van der Waals surface area contributed by atoms with Crippen molar-refractivity contribution in [3.63, 3.8) is 0 Å². The van der Waals surface area contributed by atoms with Gasteiger partial charge in [-0.2, -0.15) is 0 Å². The largest absolute Gasteiger partial charge is 0.495 e. The summed E-state index contributed by atoms with van der Waals surface area (Å²) in [4.78, 5) is 30.7. The maximum Gasteiger partial charge on any atom is 0.495 e. The highest BCUT2D eigenvalue weighted by Crippen LogP contribution is 2.44. The van der Waals surface area contributed by atoms with Crippen LogP contribution in [0.1, 0.15) is 81.4 Å². The summed E-state index contributed by atoms with van der Waals surface area (Å²) in [7, 11) is -0.631. The second-order valence-corrected chi connectivity index (χ2v) is 14.6. The predicted octanol–water partition coefficient (Wildman–Crippen LogP) is 6.32. The standard InChI is InChI=1S/C37H45BN2O6/c1-24-30(33(41)44-35(2,3)4)21-25(22-32(24)38-45-36(5,6)37(7,8)46-38)39-17-19-40(20-18-39)34(42)43-23-31-28-15-11-9-13-26(28)27-14-10-12-16-29(27)31/h9-16,21-22,31H,17-20,23H2,1-8H3. The zero-order valence-electron chi connectivity index (χ0n) is 28.3. The molecule has 0 saturated carbocycles. The Morgan fingerprint density at radius 2 is 1.41 bits per heavy atom. The molecule has 3 aromatic rings. The number of piperazine rings is 1. The number of carbonyl (C=O) groups is 2. The molecular formula is C37H45BN2O6. The van der Waals surface area contributed by atoms with Crippen molar-refractivity contribution in [1.82, 2.24) is 4.90 Å². The van der Waals surface area contributed by atoms with Crippen LogP contribution in [-0.4, -0.2) is 73.7 Å². The van der Waals surface area contributed by atoms with Crippen LogP contribution in [0.15, 0.2) is 60.7 Å². The minimum atomic E-state index is -0.640. The van der Waals surface area contributed by atoms with Crippen LogP contribution >= 0.6 is 0 Å². The van der Waals surface area contributed by atoms with Gasteiger partial charge in [0.1, 0.15) is 12.2 Å². The van der Waals surface area contributed by atoms with E-state index in [2.05, 4.69) is 29.2 Å². The first-order valence-electron chi connectivity index (χ1n) is 16.2. The van der Waals surface area contributed by atoms with Crippen molar-refractivity contribution in [3.8, 4) is 11.1 Å². The number of fused-ring (bicyclic) bond motifs is 3. The number of carbonyl (C=O) groups excluding carboxylic acids is 2.